The van der Waals surface area contributed by atoms with E-state index < -0.39 is 16.1 Å². The van der Waals surface area contributed by atoms with Crippen LogP contribution in [-0.2, 0) is 0 Å². The number of rotatable bonds is 4. The number of benzene rings is 2. The maximum Gasteiger partial charge on any atom is 0.0778 e. The van der Waals surface area contributed by atoms with Gasteiger partial charge in [0, 0.05) is 5.92 Å². The van der Waals surface area contributed by atoms with Crippen LogP contribution < -0.4 is 0 Å². The summed E-state index contributed by atoms with van der Waals surface area (Å²) in [5.74, 6) is 0.363. The van der Waals surface area contributed by atoms with Crippen LogP contribution in [0.1, 0.15) is 29.5 Å². The Morgan fingerprint density at radius 3 is 2.03 bits per heavy atom. The van der Waals surface area contributed by atoms with Gasteiger partial charge < -0.3 is 0 Å². The van der Waals surface area contributed by atoms with E-state index in [1.807, 2.05) is 0 Å². The molecule has 0 aromatic heterocycles. The van der Waals surface area contributed by atoms with Gasteiger partial charge in [0.2, 0.25) is 0 Å². The first-order chi connectivity index (χ1) is 14.1. The molecular formula is C28H34Si2. The molecule has 2 aromatic rings. The number of fused-ring (bicyclic) bond motifs is 1. The molecule has 0 fully saturated rings. The highest BCUT2D eigenvalue weighted by Crippen LogP contribution is 2.50. The van der Waals surface area contributed by atoms with E-state index >= 15 is 0 Å². The summed E-state index contributed by atoms with van der Waals surface area (Å²) in [5.41, 5.74) is 8.65. The molecule has 0 N–H and O–H groups in total. The fraction of sp³-hybridized carbons (Fsp3) is 0.286. The molecule has 1 atom stereocenters. The fourth-order valence-electron chi connectivity index (χ4n) is 4.95. The SMILES string of the molecule is CC(=C1C=C([Si](C)(C)C)C([Si](C)(C)C)=C1C1C=Cc2ccccc21)c1ccccc1. The van der Waals surface area contributed by atoms with E-state index in [0.29, 0.717) is 5.92 Å². The topological polar surface area (TPSA) is 0 Å². The number of hydrogen-bond acceptors (Lipinski definition) is 0. The summed E-state index contributed by atoms with van der Waals surface area (Å²) in [7, 11) is -3.05. The van der Waals surface area contributed by atoms with E-state index in [4.69, 9.17) is 0 Å². The Hall–Kier alpha value is -2.17. The van der Waals surface area contributed by atoms with Crippen molar-refractivity contribution in [2.75, 3.05) is 0 Å². The van der Waals surface area contributed by atoms with Gasteiger partial charge in [0.05, 0.1) is 16.1 Å². The highest BCUT2D eigenvalue weighted by Gasteiger charge is 2.40. The van der Waals surface area contributed by atoms with Crippen LogP contribution in [-0.4, -0.2) is 16.1 Å². The van der Waals surface area contributed by atoms with Gasteiger partial charge in [0.15, 0.2) is 0 Å². The summed E-state index contributed by atoms with van der Waals surface area (Å²) in [6, 6.07) is 19.9. The lowest BCUT2D eigenvalue weighted by Gasteiger charge is -2.31. The van der Waals surface area contributed by atoms with Crippen molar-refractivity contribution in [1.29, 1.82) is 0 Å². The lowest BCUT2D eigenvalue weighted by Crippen LogP contribution is -2.34. The number of hydrogen-bond donors (Lipinski definition) is 0. The van der Waals surface area contributed by atoms with Gasteiger partial charge in [-0.25, -0.2) is 0 Å². The molecule has 0 nitrogen and oxygen atoms in total. The lowest BCUT2D eigenvalue weighted by molar-refractivity contribution is 1.03. The van der Waals surface area contributed by atoms with Crippen molar-refractivity contribution in [3.63, 3.8) is 0 Å². The molecule has 0 spiro atoms. The molecule has 0 aliphatic heterocycles. The Labute approximate surface area is 184 Å². The van der Waals surface area contributed by atoms with Gasteiger partial charge in [-0.3, -0.25) is 0 Å². The van der Waals surface area contributed by atoms with Gasteiger partial charge in [0.25, 0.3) is 0 Å². The largest absolute Gasteiger partial charge is 0.0778 e. The minimum atomic E-state index is -1.56. The Kier molecular flexibility index (Phi) is 5.28. The molecule has 30 heavy (non-hydrogen) atoms. The highest BCUT2D eigenvalue weighted by atomic mass is 28.3. The molecule has 4 rings (SSSR count). The van der Waals surface area contributed by atoms with Crippen molar-refractivity contribution in [3.05, 3.63) is 105 Å². The van der Waals surface area contributed by atoms with E-state index in [1.165, 1.54) is 27.8 Å². The van der Waals surface area contributed by atoms with Crippen molar-refractivity contribution >= 4 is 27.8 Å². The predicted octanol–water partition coefficient (Wildman–Crippen LogP) is 8.26. The third kappa shape index (κ3) is 3.68. The van der Waals surface area contributed by atoms with Gasteiger partial charge in [0.1, 0.15) is 0 Å². The van der Waals surface area contributed by atoms with E-state index in [-0.39, 0.29) is 0 Å². The molecule has 0 amide bonds. The molecule has 0 saturated carbocycles. The summed E-state index contributed by atoms with van der Waals surface area (Å²) in [6.07, 6.45) is 7.36. The van der Waals surface area contributed by atoms with Gasteiger partial charge >= 0.3 is 0 Å². The van der Waals surface area contributed by atoms with E-state index in [0.717, 1.165) is 0 Å². The van der Waals surface area contributed by atoms with E-state index in [9.17, 15) is 0 Å². The van der Waals surface area contributed by atoms with Gasteiger partial charge in [-0.1, -0.05) is 123 Å². The normalized spacial score (nSPS) is 20.5. The lowest BCUT2D eigenvalue weighted by atomic mass is 9.86. The molecule has 0 radical (unpaired) electrons. The molecule has 154 valence electrons. The van der Waals surface area contributed by atoms with Crippen molar-refractivity contribution in [2.24, 2.45) is 0 Å². The molecule has 2 aliphatic carbocycles. The van der Waals surface area contributed by atoms with Crippen molar-refractivity contribution in [2.45, 2.75) is 52.1 Å². The summed E-state index contributed by atoms with van der Waals surface area (Å²) in [4.78, 5) is 0. The molecule has 0 bridgehead atoms. The van der Waals surface area contributed by atoms with Gasteiger partial charge in [-0.15, -0.1) is 0 Å². The maximum atomic E-state index is 2.59. The van der Waals surface area contributed by atoms with Gasteiger partial charge in [-0.2, -0.15) is 0 Å². The average molecular weight is 427 g/mol. The summed E-state index contributed by atoms with van der Waals surface area (Å²) in [6.45, 7) is 17.4. The molecule has 0 heterocycles. The average Bonchev–Trinajstić information content (AvgIpc) is 3.29. The molecule has 2 aliphatic rings. The third-order valence-electron chi connectivity index (χ3n) is 6.40. The Morgan fingerprint density at radius 2 is 1.40 bits per heavy atom. The van der Waals surface area contributed by atoms with Crippen LogP contribution in [0, 0.1) is 0 Å². The fourth-order valence-corrected chi connectivity index (χ4v) is 10.6. The monoisotopic (exact) mass is 426 g/mol. The first-order valence-corrected chi connectivity index (χ1v) is 18.1. The summed E-state index contributed by atoms with van der Waals surface area (Å²) < 4.78 is 0. The molecular weight excluding hydrogens is 392 g/mol. The van der Waals surface area contributed by atoms with Crippen molar-refractivity contribution in [1.82, 2.24) is 0 Å². The molecule has 2 heteroatoms. The molecule has 0 saturated heterocycles. The first-order valence-electron chi connectivity index (χ1n) is 11.1. The third-order valence-corrected chi connectivity index (χ3v) is 10.7. The quantitative estimate of drug-likeness (QED) is 0.432. The highest BCUT2D eigenvalue weighted by molar-refractivity contribution is 6.92. The van der Waals surface area contributed by atoms with Crippen molar-refractivity contribution in [3.8, 4) is 0 Å². The van der Waals surface area contributed by atoms with Crippen LogP contribution in [0.5, 0.6) is 0 Å². The summed E-state index contributed by atoms with van der Waals surface area (Å²) >= 11 is 0. The minimum Gasteiger partial charge on any atom is -0.0720 e. The smallest absolute Gasteiger partial charge is 0.0720 e. The van der Waals surface area contributed by atoms with Crippen LogP contribution in [0.4, 0.5) is 0 Å². The Bertz CT molecular complexity index is 1100. The Morgan fingerprint density at radius 1 is 0.767 bits per heavy atom. The van der Waals surface area contributed by atoms with E-state index in [1.54, 1.807) is 16.0 Å². The first kappa shape index (κ1) is 21.1. The maximum absolute atomic E-state index is 2.59. The van der Waals surface area contributed by atoms with E-state index in [2.05, 4.69) is 119 Å². The van der Waals surface area contributed by atoms with Crippen LogP contribution in [0.25, 0.3) is 11.6 Å². The zero-order chi connectivity index (χ0) is 21.7. The summed E-state index contributed by atoms with van der Waals surface area (Å²) in [5, 5.41) is 3.40. The van der Waals surface area contributed by atoms with Crippen LogP contribution in [0.2, 0.25) is 39.3 Å². The van der Waals surface area contributed by atoms with Crippen LogP contribution in [0.15, 0.2) is 88.3 Å². The second-order valence-corrected chi connectivity index (χ2v) is 20.8. The van der Waals surface area contributed by atoms with Crippen LogP contribution >= 0.6 is 0 Å². The second-order valence-electron chi connectivity index (χ2n) is 10.7. The zero-order valence-corrected chi connectivity index (χ0v) is 21.5. The standard InChI is InChI=1S/C28H34Si2/c1-20(21-13-9-8-10-14-21)25-19-26(29(2,3)4)28(30(5,6)7)27(25)24-18-17-22-15-11-12-16-23(22)24/h8-19,24H,1-7H3. The second kappa shape index (κ2) is 7.51. The molecule has 2 aromatic carbocycles. The Balaban J connectivity index is 2.04. The zero-order valence-electron chi connectivity index (χ0n) is 19.5. The van der Waals surface area contributed by atoms with Crippen molar-refractivity contribution < 1.29 is 0 Å². The minimum absolute atomic E-state index is 0.363. The van der Waals surface area contributed by atoms with Crippen LogP contribution in [0.3, 0.4) is 0 Å². The predicted molar refractivity (Wildman–Crippen MR) is 139 cm³/mol. The number of allylic oxidation sites excluding steroid dienone is 7. The molecule has 1 unspecified atom stereocenters. The van der Waals surface area contributed by atoms with Gasteiger partial charge in [-0.05, 0) is 40.3 Å².